The summed E-state index contributed by atoms with van der Waals surface area (Å²) < 4.78 is 6.69. The van der Waals surface area contributed by atoms with Gasteiger partial charge in [-0.15, -0.1) is 0 Å². The molecule has 0 aliphatic carbocycles. The Labute approximate surface area is 121 Å². The molecule has 2 heterocycles. The van der Waals surface area contributed by atoms with Gasteiger partial charge in [0.05, 0.1) is 28.6 Å². The summed E-state index contributed by atoms with van der Waals surface area (Å²) in [5.74, 6) is -0.0262. The van der Waals surface area contributed by atoms with Crippen molar-refractivity contribution in [2.45, 2.75) is 20.0 Å². The van der Waals surface area contributed by atoms with Crippen LogP contribution in [-0.2, 0) is 9.53 Å². The molecule has 6 heteroatoms. The van der Waals surface area contributed by atoms with Crippen LogP contribution < -0.4 is 10.2 Å². The van der Waals surface area contributed by atoms with Gasteiger partial charge in [-0.05, 0) is 28.9 Å². The molecule has 1 atom stereocenters. The highest BCUT2D eigenvalue weighted by Crippen LogP contribution is 2.29. The molecule has 1 aromatic heterocycles. The van der Waals surface area contributed by atoms with E-state index in [0.29, 0.717) is 13.2 Å². The molecule has 1 saturated heterocycles. The van der Waals surface area contributed by atoms with Gasteiger partial charge in [-0.25, -0.2) is 0 Å². The molecule has 1 unspecified atom stereocenters. The lowest BCUT2D eigenvalue weighted by Crippen LogP contribution is -2.47. The first-order valence-corrected chi connectivity index (χ1v) is 7.09. The molecular weight excluding hydrogens is 310 g/mol. The number of hydrogen-bond donors (Lipinski definition) is 1. The lowest BCUT2D eigenvalue weighted by Gasteiger charge is -2.35. The zero-order valence-electron chi connectivity index (χ0n) is 11.1. The van der Waals surface area contributed by atoms with Gasteiger partial charge in [0.25, 0.3) is 0 Å². The fourth-order valence-electron chi connectivity index (χ4n) is 2.10. The molecule has 1 N–H and O–H groups in total. The summed E-state index contributed by atoms with van der Waals surface area (Å²) in [6, 6.07) is 2.00. The smallest absolute Gasteiger partial charge is 0.216 e. The molecule has 0 bridgehead atoms. The van der Waals surface area contributed by atoms with Crippen molar-refractivity contribution in [2.24, 2.45) is 0 Å². The number of nitrogens with one attached hydrogen (secondary N) is 1. The second-order valence-electron chi connectivity index (χ2n) is 4.61. The molecule has 1 aliphatic heterocycles. The molecule has 1 amide bonds. The number of aromatic nitrogens is 1. The number of carbonyl (C=O) groups is 1. The Balaban J connectivity index is 2.04. The third kappa shape index (κ3) is 3.67. The Bertz CT molecular complexity index is 467. The molecule has 104 valence electrons. The molecule has 2 rings (SSSR count). The molecule has 0 radical (unpaired) electrons. The van der Waals surface area contributed by atoms with Crippen molar-refractivity contribution < 1.29 is 9.53 Å². The zero-order chi connectivity index (χ0) is 13.8. The number of aryl methyl sites for hydroxylation is 1. The van der Waals surface area contributed by atoms with E-state index in [1.807, 2.05) is 19.2 Å². The van der Waals surface area contributed by atoms with Crippen LogP contribution in [0.3, 0.4) is 0 Å². The van der Waals surface area contributed by atoms with E-state index in [9.17, 15) is 4.79 Å². The second-order valence-corrected chi connectivity index (χ2v) is 5.40. The Kier molecular flexibility index (Phi) is 4.76. The van der Waals surface area contributed by atoms with Gasteiger partial charge >= 0.3 is 0 Å². The highest BCUT2D eigenvalue weighted by atomic mass is 79.9. The second kappa shape index (κ2) is 6.34. The first-order chi connectivity index (χ1) is 9.08. The lowest BCUT2D eigenvalue weighted by molar-refractivity contribution is -0.119. The first kappa shape index (κ1) is 14.3. The predicted molar refractivity (Wildman–Crippen MR) is 77.3 cm³/mol. The average Bonchev–Trinajstić information content (AvgIpc) is 2.40. The summed E-state index contributed by atoms with van der Waals surface area (Å²) in [6.45, 7) is 6.32. The molecule has 0 spiro atoms. The number of amides is 1. The fraction of sp³-hybridized carbons (Fsp3) is 0.538. The number of rotatable bonds is 3. The highest BCUT2D eigenvalue weighted by Gasteiger charge is 2.22. The van der Waals surface area contributed by atoms with Gasteiger partial charge in [-0.1, -0.05) is 0 Å². The zero-order valence-corrected chi connectivity index (χ0v) is 12.7. The molecule has 5 nitrogen and oxygen atoms in total. The molecule has 0 aromatic carbocycles. The largest absolute Gasteiger partial charge is 0.373 e. The van der Waals surface area contributed by atoms with Crippen molar-refractivity contribution in [3.8, 4) is 0 Å². The number of halogens is 1. The van der Waals surface area contributed by atoms with E-state index in [4.69, 9.17) is 4.74 Å². The Hall–Kier alpha value is -1.14. The summed E-state index contributed by atoms with van der Waals surface area (Å²) in [5, 5.41) is 2.80. The monoisotopic (exact) mass is 327 g/mol. The van der Waals surface area contributed by atoms with Gasteiger partial charge in [0, 0.05) is 32.8 Å². The van der Waals surface area contributed by atoms with Gasteiger partial charge in [0.15, 0.2) is 0 Å². The number of morpholine rings is 1. The third-order valence-corrected chi connectivity index (χ3v) is 4.08. The van der Waals surface area contributed by atoms with Crippen LogP contribution in [0.4, 0.5) is 5.69 Å². The van der Waals surface area contributed by atoms with Crippen molar-refractivity contribution in [1.82, 2.24) is 10.3 Å². The van der Waals surface area contributed by atoms with Crippen LogP contribution in [0.15, 0.2) is 16.7 Å². The van der Waals surface area contributed by atoms with Crippen molar-refractivity contribution in [3.63, 3.8) is 0 Å². The van der Waals surface area contributed by atoms with E-state index in [-0.39, 0.29) is 12.0 Å². The van der Waals surface area contributed by atoms with Crippen LogP contribution >= 0.6 is 15.9 Å². The van der Waals surface area contributed by atoms with Crippen LogP contribution in [0, 0.1) is 6.92 Å². The standard InChI is InChI=1S/C13H18BrN3O2/c1-9-13(14)12(3-4-15-9)17-5-6-19-11(8-17)7-16-10(2)18/h3-4,11H,5-8H2,1-2H3,(H,16,18). The Morgan fingerprint density at radius 3 is 3.21 bits per heavy atom. The fourth-order valence-corrected chi connectivity index (χ4v) is 2.58. The molecular formula is C13H18BrN3O2. The van der Waals surface area contributed by atoms with E-state index in [1.165, 1.54) is 6.92 Å². The summed E-state index contributed by atoms with van der Waals surface area (Å²) in [7, 11) is 0. The van der Waals surface area contributed by atoms with E-state index in [2.05, 4.69) is 31.1 Å². The van der Waals surface area contributed by atoms with Crippen LogP contribution in [0.2, 0.25) is 0 Å². The molecule has 1 aliphatic rings. The van der Waals surface area contributed by atoms with Gasteiger partial charge in [-0.3, -0.25) is 9.78 Å². The minimum absolute atomic E-state index is 0.0259. The number of anilines is 1. The molecule has 1 fully saturated rings. The molecule has 1 aromatic rings. The number of hydrogen-bond acceptors (Lipinski definition) is 4. The third-order valence-electron chi connectivity index (χ3n) is 3.10. The molecule has 0 saturated carbocycles. The van der Waals surface area contributed by atoms with Crippen LogP contribution in [0.25, 0.3) is 0 Å². The van der Waals surface area contributed by atoms with Crippen LogP contribution in [-0.4, -0.2) is 43.2 Å². The van der Waals surface area contributed by atoms with Gasteiger partial charge in [0.1, 0.15) is 0 Å². The normalized spacial score (nSPS) is 19.3. The van der Waals surface area contributed by atoms with Gasteiger partial charge < -0.3 is 15.0 Å². The first-order valence-electron chi connectivity index (χ1n) is 6.30. The number of nitrogens with zero attached hydrogens (tertiary/aromatic N) is 2. The lowest BCUT2D eigenvalue weighted by atomic mass is 10.2. The topological polar surface area (TPSA) is 54.5 Å². The SMILES string of the molecule is CC(=O)NCC1CN(c2ccnc(C)c2Br)CCO1. The molecule has 19 heavy (non-hydrogen) atoms. The summed E-state index contributed by atoms with van der Waals surface area (Å²) in [6.07, 6.45) is 1.84. The summed E-state index contributed by atoms with van der Waals surface area (Å²) >= 11 is 3.58. The van der Waals surface area contributed by atoms with Crippen molar-refractivity contribution in [2.75, 3.05) is 31.1 Å². The van der Waals surface area contributed by atoms with E-state index < -0.39 is 0 Å². The Morgan fingerprint density at radius 1 is 1.68 bits per heavy atom. The van der Waals surface area contributed by atoms with Crippen LogP contribution in [0.1, 0.15) is 12.6 Å². The maximum absolute atomic E-state index is 10.9. The van der Waals surface area contributed by atoms with Crippen LogP contribution in [0.5, 0.6) is 0 Å². The predicted octanol–water partition coefficient (Wildman–Crippen LogP) is 1.49. The van der Waals surface area contributed by atoms with Gasteiger partial charge in [0.2, 0.25) is 5.91 Å². The highest BCUT2D eigenvalue weighted by molar-refractivity contribution is 9.10. The van der Waals surface area contributed by atoms with Crippen molar-refractivity contribution >= 4 is 27.5 Å². The number of carbonyl (C=O) groups excluding carboxylic acids is 1. The van der Waals surface area contributed by atoms with E-state index >= 15 is 0 Å². The maximum Gasteiger partial charge on any atom is 0.216 e. The van der Waals surface area contributed by atoms with Gasteiger partial charge in [-0.2, -0.15) is 0 Å². The minimum atomic E-state index is -0.0262. The number of pyridine rings is 1. The van der Waals surface area contributed by atoms with E-state index in [0.717, 1.165) is 28.9 Å². The van der Waals surface area contributed by atoms with E-state index in [1.54, 1.807) is 0 Å². The maximum atomic E-state index is 10.9. The van der Waals surface area contributed by atoms with Crippen molar-refractivity contribution in [1.29, 1.82) is 0 Å². The minimum Gasteiger partial charge on any atom is -0.373 e. The van der Waals surface area contributed by atoms with Crippen molar-refractivity contribution in [3.05, 3.63) is 22.4 Å². The number of ether oxygens (including phenoxy) is 1. The quantitative estimate of drug-likeness (QED) is 0.914. The summed E-state index contributed by atoms with van der Waals surface area (Å²) in [4.78, 5) is 17.5. The summed E-state index contributed by atoms with van der Waals surface area (Å²) in [5.41, 5.74) is 2.10. The Morgan fingerprint density at radius 2 is 2.47 bits per heavy atom. The average molecular weight is 328 g/mol.